The molecule has 21 heavy (non-hydrogen) atoms. The van der Waals surface area contributed by atoms with Crippen LogP contribution in [0, 0.1) is 10.5 Å². The Morgan fingerprint density at radius 3 is 2.71 bits per heavy atom. The van der Waals surface area contributed by atoms with E-state index >= 15 is 0 Å². The maximum absolute atomic E-state index is 12.1. The smallest absolute Gasteiger partial charge is 0.251 e. The Kier molecular flexibility index (Phi) is 3.92. The van der Waals surface area contributed by atoms with E-state index in [0.717, 1.165) is 20.6 Å². The molecule has 0 aliphatic heterocycles. The lowest BCUT2D eigenvalue weighted by atomic mass is 10.2. The number of pyridine rings is 1. The number of nitrogens with zero attached hydrogens (tertiary/aromatic N) is 2. The Bertz CT molecular complexity index is 793. The quantitative estimate of drug-likeness (QED) is 0.698. The Labute approximate surface area is 136 Å². The van der Waals surface area contributed by atoms with Crippen LogP contribution in [0.1, 0.15) is 21.7 Å². The highest BCUT2D eigenvalue weighted by Gasteiger charge is 2.07. The van der Waals surface area contributed by atoms with Gasteiger partial charge in [0.25, 0.3) is 5.91 Å². The number of hydrogen-bond acceptors (Lipinski definition) is 2. The minimum Gasteiger partial charge on any atom is -0.346 e. The average Bonchev–Trinajstić information content (AvgIpc) is 2.90. The van der Waals surface area contributed by atoms with Gasteiger partial charge in [0.15, 0.2) is 0 Å². The number of imidazole rings is 1. The lowest BCUT2D eigenvalue weighted by molar-refractivity contribution is 0.0950. The van der Waals surface area contributed by atoms with Gasteiger partial charge in [-0.05, 0) is 65.9 Å². The Morgan fingerprint density at radius 1 is 1.24 bits per heavy atom. The first-order valence-corrected chi connectivity index (χ1v) is 7.69. The third-order valence-corrected chi connectivity index (χ3v) is 4.00. The molecule has 0 spiro atoms. The molecule has 0 radical (unpaired) electrons. The van der Waals surface area contributed by atoms with Gasteiger partial charge in [0.2, 0.25) is 0 Å². The topological polar surface area (TPSA) is 46.4 Å². The van der Waals surface area contributed by atoms with Crippen LogP contribution in [0.15, 0.2) is 48.7 Å². The van der Waals surface area contributed by atoms with Crippen LogP contribution >= 0.6 is 22.6 Å². The molecular formula is C16H14IN3O. The molecule has 0 saturated carbocycles. The van der Waals surface area contributed by atoms with Gasteiger partial charge in [-0.3, -0.25) is 4.79 Å². The van der Waals surface area contributed by atoms with Crippen LogP contribution in [0.5, 0.6) is 0 Å². The fourth-order valence-electron chi connectivity index (χ4n) is 2.16. The van der Waals surface area contributed by atoms with Crippen LogP contribution in [-0.4, -0.2) is 15.3 Å². The summed E-state index contributed by atoms with van der Waals surface area (Å²) in [4.78, 5) is 16.6. The van der Waals surface area contributed by atoms with E-state index < -0.39 is 0 Å². The second-order valence-electron chi connectivity index (χ2n) is 4.82. The van der Waals surface area contributed by atoms with E-state index in [2.05, 4.69) is 32.9 Å². The first kappa shape index (κ1) is 14.1. The number of carbonyl (C=O) groups excluding carboxylic acids is 1. The van der Waals surface area contributed by atoms with Gasteiger partial charge >= 0.3 is 0 Å². The van der Waals surface area contributed by atoms with E-state index in [1.54, 1.807) is 0 Å². The summed E-state index contributed by atoms with van der Waals surface area (Å²) in [6.07, 6.45) is 1.96. The summed E-state index contributed by atoms with van der Waals surface area (Å²) in [7, 11) is 0. The van der Waals surface area contributed by atoms with Crippen molar-refractivity contribution in [3.63, 3.8) is 0 Å². The summed E-state index contributed by atoms with van der Waals surface area (Å²) in [5, 5.41) is 2.90. The number of amides is 1. The lowest BCUT2D eigenvalue weighted by Gasteiger charge is -2.03. The van der Waals surface area contributed by atoms with Gasteiger partial charge in [-0.2, -0.15) is 0 Å². The van der Waals surface area contributed by atoms with Crippen molar-refractivity contribution in [1.82, 2.24) is 14.7 Å². The minimum atomic E-state index is -0.0832. The average molecular weight is 391 g/mol. The summed E-state index contributed by atoms with van der Waals surface area (Å²) >= 11 is 2.22. The van der Waals surface area contributed by atoms with Crippen LogP contribution in [0.3, 0.4) is 0 Å². The van der Waals surface area contributed by atoms with Crippen LogP contribution < -0.4 is 5.32 Å². The SMILES string of the molecule is Cc1cccc2nc(CNC(=O)c3ccc(I)cc3)cn12. The van der Waals surface area contributed by atoms with Crippen LogP contribution in [0.4, 0.5) is 0 Å². The van der Waals surface area contributed by atoms with Gasteiger partial charge in [0, 0.05) is 21.0 Å². The van der Waals surface area contributed by atoms with Gasteiger partial charge in [-0.1, -0.05) is 6.07 Å². The second kappa shape index (κ2) is 5.85. The number of aryl methyl sites for hydroxylation is 1. The van der Waals surface area contributed by atoms with E-state index in [1.165, 1.54) is 0 Å². The Hall–Kier alpha value is -1.89. The standard InChI is InChI=1S/C16H14IN3O/c1-11-3-2-4-15-19-14(10-20(11)15)9-18-16(21)12-5-7-13(17)8-6-12/h2-8,10H,9H2,1H3,(H,18,21). The fourth-order valence-corrected chi connectivity index (χ4v) is 2.52. The molecule has 1 aromatic carbocycles. The minimum absolute atomic E-state index is 0.0832. The molecule has 106 valence electrons. The number of carbonyl (C=O) groups is 1. The first-order chi connectivity index (χ1) is 10.1. The lowest BCUT2D eigenvalue weighted by Crippen LogP contribution is -2.22. The van der Waals surface area contributed by atoms with E-state index in [9.17, 15) is 4.79 Å². The van der Waals surface area contributed by atoms with Crippen molar-refractivity contribution in [3.8, 4) is 0 Å². The molecular weight excluding hydrogens is 377 g/mol. The molecule has 0 bridgehead atoms. The van der Waals surface area contributed by atoms with E-state index in [1.807, 2.05) is 60.0 Å². The number of rotatable bonds is 3. The highest BCUT2D eigenvalue weighted by atomic mass is 127. The van der Waals surface area contributed by atoms with Gasteiger partial charge < -0.3 is 9.72 Å². The largest absolute Gasteiger partial charge is 0.346 e. The van der Waals surface area contributed by atoms with Crippen molar-refractivity contribution in [3.05, 3.63) is 69.2 Å². The van der Waals surface area contributed by atoms with E-state index in [0.29, 0.717) is 12.1 Å². The molecule has 2 heterocycles. The predicted octanol–water partition coefficient (Wildman–Crippen LogP) is 3.18. The van der Waals surface area contributed by atoms with E-state index in [-0.39, 0.29) is 5.91 Å². The van der Waals surface area contributed by atoms with Gasteiger partial charge in [0.1, 0.15) is 5.65 Å². The van der Waals surface area contributed by atoms with Gasteiger partial charge in [-0.25, -0.2) is 4.98 Å². The highest BCUT2D eigenvalue weighted by molar-refractivity contribution is 14.1. The summed E-state index contributed by atoms with van der Waals surface area (Å²) in [5.41, 5.74) is 3.53. The molecule has 0 unspecified atom stereocenters. The van der Waals surface area contributed by atoms with Gasteiger partial charge in [-0.15, -0.1) is 0 Å². The first-order valence-electron chi connectivity index (χ1n) is 6.61. The molecule has 0 saturated heterocycles. The summed E-state index contributed by atoms with van der Waals surface area (Å²) < 4.78 is 3.13. The fraction of sp³-hybridized carbons (Fsp3) is 0.125. The monoisotopic (exact) mass is 391 g/mol. The zero-order chi connectivity index (χ0) is 14.8. The Balaban J connectivity index is 1.72. The molecule has 0 fully saturated rings. The van der Waals surface area contributed by atoms with Crippen molar-refractivity contribution in [2.24, 2.45) is 0 Å². The molecule has 2 aromatic heterocycles. The maximum atomic E-state index is 12.1. The highest BCUT2D eigenvalue weighted by Crippen LogP contribution is 2.09. The van der Waals surface area contributed by atoms with Crippen molar-refractivity contribution >= 4 is 34.1 Å². The molecule has 0 atom stereocenters. The number of aromatic nitrogens is 2. The molecule has 0 aliphatic rings. The maximum Gasteiger partial charge on any atom is 0.251 e. The zero-order valence-electron chi connectivity index (χ0n) is 11.5. The van der Waals surface area contributed by atoms with E-state index in [4.69, 9.17) is 0 Å². The predicted molar refractivity (Wildman–Crippen MR) is 90.3 cm³/mol. The number of nitrogens with one attached hydrogen (secondary N) is 1. The summed E-state index contributed by atoms with van der Waals surface area (Å²) in [5.74, 6) is -0.0832. The third kappa shape index (κ3) is 3.07. The number of hydrogen-bond donors (Lipinski definition) is 1. The Morgan fingerprint density at radius 2 is 2.00 bits per heavy atom. The number of fused-ring (bicyclic) bond motifs is 1. The van der Waals surface area contributed by atoms with Crippen molar-refractivity contribution in [1.29, 1.82) is 0 Å². The van der Waals surface area contributed by atoms with Crippen molar-refractivity contribution < 1.29 is 4.79 Å². The van der Waals surface area contributed by atoms with Crippen molar-refractivity contribution in [2.75, 3.05) is 0 Å². The second-order valence-corrected chi connectivity index (χ2v) is 6.06. The van der Waals surface area contributed by atoms with Crippen molar-refractivity contribution in [2.45, 2.75) is 13.5 Å². The number of halogens is 1. The molecule has 4 nitrogen and oxygen atoms in total. The number of benzene rings is 1. The molecule has 3 rings (SSSR count). The molecule has 1 amide bonds. The van der Waals surface area contributed by atoms with Crippen LogP contribution in [0.25, 0.3) is 5.65 Å². The molecule has 0 aliphatic carbocycles. The summed E-state index contributed by atoms with van der Waals surface area (Å²) in [6, 6.07) is 13.5. The summed E-state index contributed by atoms with van der Waals surface area (Å²) in [6.45, 7) is 2.45. The third-order valence-electron chi connectivity index (χ3n) is 3.28. The van der Waals surface area contributed by atoms with Gasteiger partial charge in [0.05, 0.1) is 12.2 Å². The van der Waals surface area contributed by atoms with Crippen LogP contribution in [0.2, 0.25) is 0 Å². The zero-order valence-corrected chi connectivity index (χ0v) is 13.7. The molecule has 3 aromatic rings. The molecule has 1 N–H and O–H groups in total. The normalized spacial score (nSPS) is 10.8. The molecule has 5 heteroatoms. The van der Waals surface area contributed by atoms with Crippen LogP contribution in [-0.2, 0) is 6.54 Å².